The number of nitrogens with one attached hydrogen (secondary N) is 5. The van der Waals surface area contributed by atoms with Crippen LogP contribution in [0.1, 0.15) is 46.0 Å². The minimum absolute atomic E-state index is 0.0557. The van der Waals surface area contributed by atoms with Gasteiger partial charge in [-0.15, -0.1) is 15.9 Å². The van der Waals surface area contributed by atoms with Crippen molar-refractivity contribution in [3.63, 3.8) is 0 Å². The second-order valence-corrected chi connectivity index (χ2v) is 12.4. The summed E-state index contributed by atoms with van der Waals surface area (Å²) in [4.78, 5) is 0. The largest absolute Gasteiger partial charge is 0.597 e. The van der Waals surface area contributed by atoms with Gasteiger partial charge in [0.1, 0.15) is 41.0 Å². The third-order valence-corrected chi connectivity index (χ3v) is 9.02. The van der Waals surface area contributed by atoms with Crippen molar-refractivity contribution in [2.24, 2.45) is 0 Å². The number of piperidine rings is 1. The van der Waals surface area contributed by atoms with Gasteiger partial charge < -0.3 is 9.29 Å². The number of halogens is 5. The van der Waals surface area contributed by atoms with E-state index in [1.54, 1.807) is 13.8 Å². The van der Waals surface area contributed by atoms with E-state index in [2.05, 4.69) is 26.6 Å². The third kappa shape index (κ3) is 8.18. The second-order valence-electron chi connectivity index (χ2n) is 9.31. The molecule has 2 aliphatic heterocycles. The molecule has 2 saturated heterocycles. The standard InChI is InChI=1S/C19H35ClF4N6O3S/c1-11(2)34(31,32)30-7-5-12(6-8-30)25-16-27-17(26-13-3-4-15(21)14(20)9-13)29-18(28-16)33-10-19(22,23)24/h11-18,25-29H,3-10H2,1-2H3. The summed E-state index contributed by atoms with van der Waals surface area (Å²) in [6, 6.07) is -0.175. The van der Waals surface area contributed by atoms with E-state index in [1.165, 1.54) is 4.31 Å². The highest BCUT2D eigenvalue weighted by molar-refractivity contribution is 7.95. The minimum atomic E-state index is -4.49. The summed E-state index contributed by atoms with van der Waals surface area (Å²) in [6.07, 6.45) is -5.54. The van der Waals surface area contributed by atoms with Crippen LogP contribution in [0.25, 0.3) is 0 Å². The summed E-state index contributed by atoms with van der Waals surface area (Å²) < 4.78 is 83.0. The van der Waals surface area contributed by atoms with Crippen molar-refractivity contribution >= 4 is 22.0 Å². The molecule has 9 nitrogen and oxygen atoms in total. The first kappa shape index (κ1) is 28.4. The van der Waals surface area contributed by atoms with Gasteiger partial charge in [0.15, 0.2) is 6.35 Å². The van der Waals surface area contributed by atoms with Crippen LogP contribution in [0.5, 0.6) is 0 Å². The van der Waals surface area contributed by atoms with E-state index in [4.69, 9.17) is 16.3 Å². The van der Waals surface area contributed by atoms with Gasteiger partial charge in [-0.3, -0.25) is 26.6 Å². The zero-order valence-corrected chi connectivity index (χ0v) is 20.8. The number of alkyl halides is 5. The van der Waals surface area contributed by atoms with E-state index < -0.39 is 58.9 Å². The molecule has 0 aromatic heterocycles. The van der Waals surface area contributed by atoms with Crippen LogP contribution in [0.15, 0.2) is 0 Å². The molecule has 7 unspecified atom stereocenters. The molecule has 0 aromatic carbocycles. The molecule has 0 amide bonds. The van der Waals surface area contributed by atoms with Crippen molar-refractivity contribution in [1.29, 1.82) is 0 Å². The van der Waals surface area contributed by atoms with Crippen molar-refractivity contribution in [1.82, 2.24) is 30.9 Å². The average molecular weight is 539 g/mol. The highest BCUT2D eigenvalue weighted by Crippen LogP contribution is 2.26. The molecular weight excluding hydrogens is 504 g/mol. The van der Waals surface area contributed by atoms with Gasteiger partial charge in [-0.2, -0.15) is 13.2 Å². The Hall–Kier alpha value is -0.160. The van der Waals surface area contributed by atoms with Crippen LogP contribution in [-0.4, -0.2) is 82.5 Å². The highest BCUT2D eigenvalue weighted by atomic mass is 35.5. The molecule has 3 aliphatic rings. The molecule has 3 fully saturated rings. The first-order valence-corrected chi connectivity index (χ1v) is 13.5. The summed E-state index contributed by atoms with van der Waals surface area (Å²) in [7, 11) is -3.33. The molecule has 3 rings (SSSR count). The third-order valence-electron chi connectivity index (χ3n) is 6.29. The molecule has 5 N–H and O–H groups in total. The lowest BCUT2D eigenvalue weighted by atomic mass is 9.93. The Balaban J connectivity index is 1.56. The Morgan fingerprint density at radius 2 is 1.68 bits per heavy atom. The lowest BCUT2D eigenvalue weighted by Crippen LogP contribution is -2.76. The van der Waals surface area contributed by atoms with Crippen LogP contribution in [0.3, 0.4) is 0 Å². The fourth-order valence-electron chi connectivity index (χ4n) is 4.36. The lowest BCUT2D eigenvalue weighted by Gasteiger charge is -2.43. The number of nitrogens with zero attached hydrogens (tertiary/aromatic N) is 1. The maximum absolute atomic E-state index is 13.7. The van der Waals surface area contributed by atoms with Gasteiger partial charge >= 0.3 is 6.18 Å². The zero-order valence-electron chi connectivity index (χ0n) is 19.2. The molecule has 0 spiro atoms. The maximum Gasteiger partial charge on any atom is 0.411 e. The topological polar surface area (TPSA) is 113 Å². The van der Waals surface area contributed by atoms with Crippen molar-refractivity contribution in [3.8, 4) is 0 Å². The Morgan fingerprint density at radius 1 is 1.09 bits per heavy atom. The Morgan fingerprint density at radius 3 is 2.21 bits per heavy atom. The lowest BCUT2D eigenvalue weighted by molar-refractivity contribution is -0.199. The first-order chi connectivity index (χ1) is 15.8. The maximum atomic E-state index is 13.7. The van der Waals surface area contributed by atoms with E-state index in [-0.39, 0.29) is 12.1 Å². The second kappa shape index (κ2) is 11.9. The predicted molar refractivity (Wildman–Crippen MR) is 120 cm³/mol. The molecule has 15 heteroatoms. The molecule has 0 radical (unpaired) electrons. The molecule has 1 saturated carbocycles. The first-order valence-electron chi connectivity index (χ1n) is 11.6. The molecule has 0 aromatic rings. The number of hydrogen-bond donors (Lipinski definition) is 5. The van der Waals surface area contributed by atoms with Gasteiger partial charge in [-0.05, 0) is 46.0 Å². The summed E-state index contributed by atoms with van der Waals surface area (Å²) in [6.45, 7) is 2.58. The van der Waals surface area contributed by atoms with Gasteiger partial charge in [0.05, 0.1) is 5.38 Å². The van der Waals surface area contributed by atoms with Crippen LogP contribution in [0, 0.1) is 0 Å². The van der Waals surface area contributed by atoms with E-state index in [0.717, 1.165) is 0 Å². The molecule has 200 valence electrons. The summed E-state index contributed by atoms with van der Waals surface area (Å²) in [5.74, 6) is 0. The van der Waals surface area contributed by atoms with Crippen LogP contribution in [0.4, 0.5) is 17.6 Å². The monoisotopic (exact) mass is 538 g/mol. The molecule has 7 atom stereocenters. The molecule has 0 bridgehead atoms. The molecule has 2 heterocycles. The van der Waals surface area contributed by atoms with E-state index in [9.17, 15) is 26.3 Å². The number of rotatable bonds is 8. The van der Waals surface area contributed by atoms with Crippen LogP contribution in [0.2, 0.25) is 0 Å². The van der Waals surface area contributed by atoms with Crippen LogP contribution >= 0.6 is 11.6 Å². The number of sulfonamides is 1. The smallest absolute Gasteiger partial charge is 0.411 e. The fraction of sp³-hybridized carbons (Fsp3) is 1.00. The van der Waals surface area contributed by atoms with E-state index in [0.29, 0.717) is 45.2 Å². The Bertz CT molecular complexity index is 703. The quantitative estimate of drug-likeness (QED) is 0.179. The van der Waals surface area contributed by atoms with Crippen molar-refractivity contribution in [2.45, 2.75) is 99.9 Å². The fourth-order valence-corrected chi connectivity index (χ4v) is 6.01. The SMILES string of the molecule is CC(C)[S+](=O)([O-])N1CCC(NC2NC(NC3CCC(F)C(Cl)C3)NC(OCC(F)(F)F)N2)CC1. The minimum Gasteiger partial charge on any atom is -0.597 e. The van der Waals surface area contributed by atoms with Crippen molar-refractivity contribution in [2.75, 3.05) is 19.7 Å². The summed E-state index contributed by atoms with van der Waals surface area (Å²) >= 11 is 6.05. The van der Waals surface area contributed by atoms with E-state index in [1.807, 2.05) is 0 Å². The van der Waals surface area contributed by atoms with Gasteiger partial charge in [-0.1, -0.05) is 4.21 Å². The Kier molecular flexibility index (Phi) is 9.96. The van der Waals surface area contributed by atoms with Crippen molar-refractivity contribution in [3.05, 3.63) is 0 Å². The number of ether oxygens (including phenoxy) is 1. The molecule has 34 heavy (non-hydrogen) atoms. The van der Waals surface area contributed by atoms with Gasteiger partial charge in [0, 0.05) is 25.2 Å². The Labute approximate surface area is 203 Å². The van der Waals surface area contributed by atoms with Crippen molar-refractivity contribution < 1.29 is 31.1 Å². The van der Waals surface area contributed by atoms with Crippen LogP contribution in [-0.2, 0) is 19.3 Å². The molecular formula is C19H35ClF4N6O3S. The van der Waals surface area contributed by atoms with Crippen LogP contribution < -0.4 is 26.6 Å². The highest BCUT2D eigenvalue weighted by Gasteiger charge is 2.38. The summed E-state index contributed by atoms with van der Waals surface area (Å²) in [5, 5.41) is 14.4. The van der Waals surface area contributed by atoms with Gasteiger partial charge in [0.2, 0.25) is 0 Å². The summed E-state index contributed by atoms with van der Waals surface area (Å²) in [5.41, 5.74) is 0. The molecule has 1 aliphatic carbocycles. The number of hydrogen-bond acceptors (Lipinski definition) is 8. The van der Waals surface area contributed by atoms with Gasteiger partial charge in [-0.25, -0.2) is 4.39 Å². The average Bonchev–Trinajstić information content (AvgIpc) is 2.74. The predicted octanol–water partition coefficient (Wildman–Crippen LogP) is 1.29. The van der Waals surface area contributed by atoms with E-state index >= 15 is 0 Å². The van der Waals surface area contributed by atoms with Gasteiger partial charge in [0.25, 0.3) is 0 Å². The zero-order chi connectivity index (χ0) is 25.1. The normalized spacial score (nSPS) is 36.5.